The minimum atomic E-state index is -0.565. The SMILES string of the molecule is CC1(O)CCN(c2cc3c(cnn3C3CCCCO3)cc2Cl)CC1. The molecule has 2 saturated heterocycles. The summed E-state index contributed by atoms with van der Waals surface area (Å²) in [4.78, 5) is 2.26. The molecule has 1 N–H and O–H groups in total. The predicted octanol–water partition coefficient (Wildman–Crippen LogP) is 3.74. The average molecular weight is 350 g/mol. The van der Waals surface area contributed by atoms with Gasteiger partial charge >= 0.3 is 0 Å². The normalized spacial score (nSPS) is 24.5. The van der Waals surface area contributed by atoms with E-state index >= 15 is 0 Å². The van der Waals surface area contributed by atoms with Crippen molar-refractivity contribution in [1.29, 1.82) is 0 Å². The smallest absolute Gasteiger partial charge is 0.150 e. The Bertz CT molecular complexity index is 727. The molecule has 24 heavy (non-hydrogen) atoms. The van der Waals surface area contributed by atoms with Crippen LogP contribution in [0, 0.1) is 0 Å². The summed E-state index contributed by atoms with van der Waals surface area (Å²) in [6.45, 7) is 4.33. The van der Waals surface area contributed by atoms with E-state index in [4.69, 9.17) is 16.3 Å². The highest BCUT2D eigenvalue weighted by Gasteiger charge is 2.29. The highest BCUT2D eigenvalue weighted by atomic mass is 35.5. The monoisotopic (exact) mass is 349 g/mol. The zero-order chi connectivity index (χ0) is 16.7. The van der Waals surface area contributed by atoms with E-state index in [-0.39, 0.29) is 6.23 Å². The van der Waals surface area contributed by atoms with Gasteiger partial charge in [0.1, 0.15) is 0 Å². The summed E-state index contributed by atoms with van der Waals surface area (Å²) >= 11 is 6.53. The average Bonchev–Trinajstić information content (AvgIpc) is 2.98. The molecule has 1 atom stereocenters. The maximum Gasteiger partial charge on any atom is 0.150 e. The van der Waals surface area contributed by atoms with E-state index in [0.717, 1.165) is 67.0 Å². The molecule has 1 aromatic heterocycles. The molecular formula is C18H24ClN3O2. The molecule has 2 fully saturated rings. The molecule has 6 heteroatoms. The van der Waals surface area contributed by atoms with E-state index in [1.807, 2.05) is 23.9 Å². The van der Waals surface area contributed by atoms with E-state index in [1.165, 1.54) is 6.42 Å². The molecule has 0 saturated carbocycles. The van der Waals surface area contributed by atoms with Crippen molar-refractivity contribution in [2.24, 2.45) is 0 Å². The number of ether oxygens (including phenoxy) is 1. The fourth-order valence-electron chi connectivity index (χ4n) is 3.67. The molecule has 0 radical (unpaired) electrons. The number of aliphatic hydroxyl groups is 1. The number of anilines is 1. The van der Waals surface area contributed by atoms with Gasteiger partial charge in [0.15, 0.2) is 6.23 Å². The Morgan fingerprint density at radius 1 is 1.29 bits per heavy atom. The van der Waals surface area contributed by atoms with Crippen molar-refractivity contribution in [3.63, 3.8) is 0 Å². The summed E-state index contributed by atoms with van der Waals surface area (Å²) in [6, 6.07) is 4.12. The van der Waals surface area contributed by atoms with Crippen molar-refractivity contribution in [2.75, 3.05) is 24.6 Å². The van der Waals surface area contributed by atoms with Crippen molar-refractivity contribution in [1.82, 2.24) is 9.78 Å². The molecule has 0 spiro atoms. The van der Waals surface area contributed by atoms with Crippen LogP contribution in [0.4, 0.5) is 5.69 Å². The molecule has 1 unspecified atom stereocenters. The van der Waals surface area contributed by atoms with Crippen LogP contribution in [0.25, 0.3) is 10.9 Å². The number of piperidine rings is 1. The van der Waals surface area contributed by atoms with Crippen LogP contribution in [-0.2, 0) is 4.74 Å². The molecular weight excluding hydrogens is 326 g/mol. The standard InChI is InChI=1S/C18H24ClN3O2/c1-18(23)5-7-21(8-6-18)16-11-15-13(10-14(16)19)12-20-22(15)17-4-2-3-9-24-17/h10-12,17,23H,2-9H2,1H3. The van der Waals surface area contributed by atoms with Crippen LogP contribution in [0.3, 0.4) is 0 Å². The Balaban J connectivity index is 1.67. The highest BCUT2D eigenvalue weighted by molar-refractivity contribution is 6.34. The molecule has 0 amide bonds. The lowest BCUT2D eigenvalue weighted by Gasteiger charge is -2.37. The van der Waals surface area contributed by atoms with Crippen LogP contribution >= 0.6 is 11.6 Å². The Morgan fingerprint density at radius 2 is 2.08 bits per heavy atom. The molecule has 2 aliphatic heterocycles. The number of halogens is 1. The van der Waals surface area contributed by atoms with Crippen LogP contribution in [0.5, 0.6) is 0 Å². The summed E-state index contributed by atoms with van der Waals surface area (Å²) in [6.07, 6.45) is 6.70. The molecule has 2 aliphatic rings. The van der Waals surface area contributed by atoms with E-state index in [1.54, 1.807) is 0 Å². The van der Waals surface area contributed by atoms with Crippen LogP contribution < -0.4 is 4.90 Å². The second-order valence-corrected chi connectivity index (χ2v) is 7.66. The van der Waals surface area contributed by atoms with Gasteiger partial charge in [-0.25, -0.2) is 4.68 Å². The number of aromatic nitrogens is 2. The van der Waals surface area contributed by atoms with Crippen molar-refractivity contribution < 1.29 is 9.84 Å². The highest BCUT2D eigenvalue weighted by Crippen LogP contribution is 2.36. The lowest BCUT2D eigenvalue weighted by atomic mass is 9.93. The molecule has 1 aromatic carbocycles. The third kappa shape index (κ3) is 3.01. The van der Waals surface area contributed by atoms with Crippen LogP contribution in [0.15, 0.2) is 18.3 Å². The van der Waals surface area contributed by atoms with Gasteiger partial charge in [-0.05, 0) is 51.2 Å². The van der Waals surface area contributed by atoms with Gasteiger partial charge in [0.2, 0.25) is 0 Å². The van der Waals surface area contributed by atoms with Crippen LogP contribution in [0.1, 0.15) is 45.3 Å². The van der Waals surface area contributed by atoms with E-state index in [2.05, 4.69) is 16.1 Å². The lowest BCUT2D eigenvalue weighted by Crippen LogP contribution is -2.42. The number of rotatable bonds is 2. The van der Waals surface area contributed by atoms with Crippen molar-refractivity contribution >= 4 is 28.2 Å². The van der Waals surface area contributed by atoms with Gasteiger partial charge in [0, 0.05) is 25.1 Å². The molecule has 0 bridgehead atoms. The maximum atomic E-state index is 10.2. The first kappa shape index (κ1) is 16.2. The third-order valence-corrected chi connectivity index (χ3v) is 5.58. The van der Waals surface area contributed by atoms with Crippen LogP contribution in [0.2, 0.25) is 5.02 Å². The summed E-state index contributed by atoms with van der Waals surface area (Å²) in [7, 11) is 0. The zero-order valence-electron chi connectivity index (χ0n) is 14.0. The third-order valence-electron chi connectivity index (χ3n) is 5.27. The number of hydrogen-bond acceptors (Lipinski definition) is 4. The topological polar surface area (TPSA) is 50.5 Å². The number of benzene rings is 1. The molecule has 130 valence electrons. The summed E-state index contributed by atoms with van der Waals surface area (Å²) in [5.41, 5.74) is 1.53. The summed E-state index contributed by atoms with van der Waals surface area (Å²) in [5, 5.41) is 16.5. The second kappa shape index (κ2) is 6.21. The lowest BCUT2D eigenvalue weighted by molar-refractivity contribution is -0.0366. The molecule has 0 aliphatic carbocycles. The summed E-state index contributed by atoms with van der Waals surface area (Å²) in [5.74, 6) is 0. The largest absolute Gasteiger partial charge is 0.390 e. The Hall–Kier alpha value is -1.30. The van der Waals surface area contributed by atoms with Crippen molar-refractivity contribution in [3.8, 4) is 0 Å². The first-order valence-corrected chi connectivity index (χ1v) is 9.17. The first-order valence-electron chi connectivity index (χ1n) is 8.79. The van der Waals surface area contributed by atoms with E-state index in [0.29, 0.717) is 0 Å². The van der Waals surface area contributed by atoms with Crippen molar-refractivity contribution in [3.05, 3.63) is 23.4 Å². The zero-order valence-corrected chi connectivity index (χ0v) is 14.8. The predicted molar refractivity (Wildman–Crippen MR) is 95.7 cm³/mol. The Labute approximate surface area is 147 Å². The van der Waals surface area contributed by atoms with Gasteiger partial charge in [-0.2, -0.15) is 5.10 Å². The van der Waals surface area contributed by atoms with E-state index in [9.17, 15) is 5.11 Å². The number of nitrogens with zero attached hydrogens (tertiary/aromatic N) is 3. The van der Waals surface area contributed by atoms with Gasteiger partial charge in [-0.1, -0.05) is 11.6 Å². The quantitative estimate of drug-likeness (QED) is 0.897. The minimum absolute atomic E-state index is 0.0207. The molecule has 4 rings (SSSR count). The second-order valence-electron chi connectivity index (χ2n) is 7.26. The van der Waals surface area contributed by atoms with Gasteiger partial charge in [0.05, 0.1) is 28.0 Å². The Morgan fingerprint density at radius 3 is 2.79 bits per heavy atom. The minimum Gasteiger partial charge on any atom is -0.390 e. The first-order chi connectivity index (χ1) is 11.5. The maximum absolute atomic E-state index is 10.2. The van der Waals surface area contributed by atoms with E-state index < -0.39 is 5.60 Å². The molecule has 2 aromatic rings. The number of fused-ring (bicyclic) bond motifs is 1. The Kier molecular flexibility index (Phi) is 4.19. The summed E-state index contributed by atoms with van der Waals surface area (Å²) < 4.78 is 7.89. The van der Waals surface area contributed by atoms with Crippen LogP contribution in [-0.4, -0.2) is 40.2 Å². The van der Waals surface area contributed by atoms with Gasteiger partial charge in [-0.15, -0.1) is 0 Å². The fourth-order valence-corrected chi connectivity index (χ4v) is 3.96. The van der Waals surface area contributed by atoms with Gasteiger partial charge in [0.25, 0.3) is 0 Å². The molecule has 5 nitrogen and oxygen atoms in total. The number of hydrogen-bond donors (Lipinski definition) is 1. The van der Waals surface area contributed by atoms with Gasteiger partial charge < -0.3 is 14.7 Å². The molecule has 3 heterocycles. The fraction of sp³-hybridized carbons (Fsp3) is 0.611. The van der Waals surface area contributed by atoms with Crippen molar-refractivity contribution in [2.45, 2.75) is 50.9 Å². The van der Waals surface area contributed by atoms with Gasteiger partial charge in [-0.3, -0.25) is 0 Å².